The average Bonchev–Trinajstić information content (AvgIpc) is 3.37. The molecule has 11 heteroatoms. The minimum Gasteiger partial charge on any atom is -0.497 e. The number of aromatic amines is 1. The van der Waals surface area contributed by atoms with Crippen LogP contribution in [0, 0.1) is 0 Å². The number of amides is 2. The number of halogens is 5. The number of para-hydroxylation sites is 1. The van der Waals surface area contributed by atoms with Crippen molar-refractivity contribution in [2.75, 3.05) is 32.1 Å². The van der Waals surface area contributed by atoms with Crippen molar-refractivity contribution < 1.29 is 31.5 Å². The number of urea groups is 1. The van der Waals surface area contributed by atoms with Crippen molar-refractivity contribution >= 4 is 22.6 Å². The molecule has 1 heterocycles. The topological polar surface area (TPSA) is 78.2 Å². The van der Waals surface area contributed by atoms with E-state index in [2.05, 4.69) is 27.0 Å². The Bertz CT molecular complexity index is 1440. The zero-order chi connectivity index (χ0) is 29.4. The van der Waals surface area contributed by atoms with Crippen LogP contribution >= 0.6 is 0 Å². The minimum atomic E-state index is -4.83. The molecular formula is C30H31F5N4O2. The number of nitrogens with one attached hydrogen (secondary N) is 4. The van der Waals surface area contributed by atoms with Gasteiger partial charge in [-0.05, 0) is 73.5 Å². The molecule has 0 aliphatic carbocycles. The average molecular weight is 575 g/mol. The lowest BCUT2D eigenvalue weighted by molar-refractivity contribution is -0.137. The second kappa shape index (κ2) is 13.5. The Labute approximate surface area is 234 Å². The Hall–Kier alpha value is -4.12. The highest BCUT2D eigenvalue weighted by atomic mass is 19.4. The van der Waals surface area contributed by atoms with Crippen molar-refractivity contribution in [2.24, 2.45) is 0 Å². The smallest absolute Gasteiger partial charge is 0.416 e. The van der Waals surface area contributed by atoms with Crippen molar-refractivity contribution in [3.05, 3.63) is 95.2 Å². The van der Waals surface area contributed by atoms with Crippen molar-refractivity contribution in [3.8, 4) is 5.75 Å². The monoisotopic (exact) mass is 574 g/mol. The molecular weight excluding hydrogens is 543 g/mol. The van der Waals surface area contributed by atoms with Crippen LogP contribution in [0.5, 0.6) is 5.75 Å². The van der Waals surface area contributed by atoms with Crippen LogP contribution in [0.15, 0.2) is 72.9 Å². The van der Waals surface area contributed by atoms with E-state index in [9.17, 15) is 26.7 Å². The highest BCUT2D eigenvalue weighted by Gasteiger charge is 2.32. The molecule has 4 rings (SSSR count). The van der Waals surface area contributed by atoms with Gasteiger partial charge in [-0.15, -0.1) is 0 Å². The van der Waals surface area contributed by atoms with Gasteiger partial charge in [-0.25, -0.2) is 13.6 Å². The van der Waals surface area contributed by atoms with Crippen molar-refractivity contribution in [2.45, 2.75) is 31.4 Å². The molecule has 0 radical (unpaired) electrons. The lowest BCUT2D eigenvalue weighted by Gasteiger charge is -2.20. The van der Waals surface area contributed by atoms with Gasteiger partial charge in [-0.1, -0.05) is 30.3 Å². The first-order valence-electron chi connectivity index (χ1n) is 13.1. The Balaban J connectivity index is 1.36. The Morgan fingerprint density at radius 2 is 1.73 bits per heavy atom. The standard InChI is InChI=1S/C30H31F5N4O2/c1-41-25-8-6-19(7-9-25)20(10-12-36-13-11-21-18-37-27-5-3-2-4-26(21)27)17-38-29(40)39-24-15-22(28(31)32)14-23(16-24)30(33,34)35/h2-9,14-16,18,20,28,36-37H,10-13,17H2,1H3,(H2,38,39,40). The van der Waals surface area contributed by atoms with Gasteiger partial charge in [0, 0.05) is 40.8 Å². The van der Waals surface area contributed by atoms with Crippen LogP contribution in [0.4, 0.5) is 32.4 Å². The largest absolute Gasteiger partial charge is 0.497 e. The molecule has 0 saturated carbocycles. The van der Waals surface area contributed by atoms with Gasteiger partial charge < -0.3 is 25.7 Å². The van der Waals surface area contributed by atoms with Gasteiger partial charge in [-0.3, -0.25) is 0 Å². The third kappa shape index (κ3) is 8.20. The summed E-state index contributed by atoms with van der Waals surface area (Å²) in [6, 6.07) is 16.5. The van der Waals surface area contributed by atoms with Crippen LogP contribution in [0.25, 0.3) is 10.9 Å². The number of rotatable bonds is 12. The second-order valence-electron chi connectivity index (χ2n) is 9.60. The SMILES string of the molecule is COc1ccc(C(CCNCCc2c[nH]c3ccccc23)CNC(=O)Nc2cc(C(F)F)cc(C(F)(F)F)c2)cc1. The number of carbonyl (C=O) groups is 1. The number of hydrogen-bond acceptors (Lipinski definition) is 3. The van der Waals surface area contributed by atoms with E-state index in [4.69, 9.17) is 4.74 Å². The molecule has 0 aliphatic rings. The predicted molar refractivity (Wildman–Crippen MR) is 149 cm³/mol. The number of alkyl halides is 5. The van der Waals surface area contributed by atoms with E-state index in [0.29, 0.717) is 30.8 Å². The Morgan fingerprint density at radius 1 is 0.976 bits per heavy atom. The molecule has 1 aromatic heterocycles. The second-order valence-corrected chi connectivity index (χ2v) is 9.60. The number of anilines is 1. The summed E-state index contributed by atoms with van der Waals surface area (Å²) in [6.45, 7) is 1.56. The van der Waals surface area contributed by atoms with Crippen molar-refractivity contribution in [1.29, 1.82) is 0 Å². The van der Waals surface area contributed by atoms with E-state index in [1.807, 2.05) is 36.5 Å². The minimum absolute atomic E-state index is 0.134. The van der Waals surface area contributed by atoms with Crippen LogP contribution in [0.1, 0.15) is 41.0 Å². The van der Waals surface area contributed by atoms with Gasteiger partial charge in [0.15, 0.2) is 0 Å². The first kappa shape index (κ1) is 29.9. The van der Waals surface area contributed by atoms with Crippen LogP contribution in [-0.2, 0) is 12.6 Å². The summed E-state index contributed by atoms with van der Waals surface area (Å²) in [5, 5.41) is 9.54. The zero-order valence-electron chi connectivity index (χ0n) is 22.3. The molecule has 41 heavy (non-hydrogen) atoms. The van der Waals surface area contributed by atoms with Gasteiger partial charge in [0.25, 0.3) is 6.43 Å². The molecule has 4 aromatic rings. The first-order valence-corrected chi connectivity index (χ1v) is 13.1. The van der Waals surface area contributed by atoms with E-state index in [1.165, 1.54) is 10.9 Å². The maximum atomic E-state index is 13.2. The van der Waals surface area contributed by atoms with E-state index < -0.39 is 29.8 Å². The number of ether oxygens (including phenoxy) is 1. The number of carbonyl (C=O) groups excluding carboxylic acids is 1. The lowest BCUT2D eigenvalue weighted by Crippen LogP contribution is -2.33. The number of benzene rings is 3. The number of H-pyrrole nitrogens is 1. The molecule has 3 aromatic carbocycles. The van der Waals surface area contributed by atoms with Crippen molar-refractivity contribution in [3.63, 3.8) is 0 Å². The number of fused-ring (bicyclic) bond motifs is 1. The fourth-order valence-electron chi connectivity index (χ4n) is 4.63. The van der Waals surface area contributed by atoms with Gasteiger partial charge in [0.05, 0.1) is 12.7 Å². The van der Waals surface area contributed by atoms with E-state index in [0.717, 1.165) is 30.1 Å². The number of methoxy groups -OCH3 is 1. The van der Waals surface area contributed by atoms with E-state index >= 15 is 0 Å². The van der Waals surface area contributed by atoms with Crippen LogP contribution in [0.2, 0.25) is 0 Å². The lowest BCUT2D eigenvalue weighted by atomic mass is 9.95. The number of hydrogen-bond donors (Lipinski definition) is 4. The van der Waals surface area contributed by atoms with Gasteiger partial charge in [0.1, 0.15) is 5.75 Å². The Morgan fingerprint density at radius 3 is 2.44 bits per heavy atom. The number of aromatic nitrogens is 1. The summed E-state index contributed by atoms with van der Waals surface area (Å²) in [6.07, 6.45) is -4.47. The van der Waals surface area contributed by atoms with Gasteiger partial charge in [0.2, 0.25) is 0 Å². The fourth-order valence-corrected chi connectivity index (χ4v) is 4.63. The third-order valence-corrected chi connectivity index (χ3v) is 6.80. The fraction of sp³-hybridized carbons (Fsp3) is 0.300. The summed E-state index contributed by atoms with van der Waals surface area (Å²) >= 11 is 0. The summed E-state index contributed by atoms with van der Waals surface area (Å²) in [5.41, 5.74) is 0.770. The van der Waals surface area contributed by atoms with Crippen molar-refractivity contribution in [1.82, 2.24) is 15.6 Å². The predicted octanol–water partition coefficient (Wildman–Crippen LogP) is 7.26. The molecule has 0 fully saturated rings. The highest BCUT2D eigenvalue weighted by molar-refractivity contribution is 5.89. The molecule has 218 valence electrons. The maximum Gasteiger partial charge on any atom is 0.416 e. The quantitative estimate of drug-likeness (QED) is 0.106. The van der Waals surface area contributed by atoms with Crippen LogP contribution in [-0.4, -0.2) is 37.8 Å². The van der Waals surface area contributed by atoms with Crippen LogP contribution in [0.3, 0.4) is 0 Å². The van der Waals surface area contributed by atoms with E-state index in [1.54, 1.807) is 19.2 Å². The summed E-state index contributed by atoms with van der Waals surface area (Å²) in [7, 11) is 1.56. The molecule has 1 atom stereocenters. The van der Waals surface area contributed by atoms with Gasteiger partial charge >= 0.3 is 12.2 Å². The molecule has 2 amide bonds. The van der Waals surface area contributed by atoms with Crippen LogP contribution < -0.4 is 20.7 Å². The molecule has 4 N–H and O–H groups in total. The molecule has 0 bridgehead atoms. The van der Waals surface area contributed by atoms with Gasteiger partial charge in [-0.2, -0.15) is 13.2 Å². The zero-order valence-corrected chi connectivity index (χ0v) is 22.3. The summed E-state index contributed by atoms with van der Waals surface area (Å²) in [5.74, 6) is 0.541. The highest BCUT2D eigenvalue weighted by Crippen LogP contribution is 2.34. The molecule has 0 spiro atoms. The maximum absolute atomic E-state index is 13.2. The molecule has 6 nitrogen and oxygen atoms in total. The Kier molecular flexibility index (Phi) is 9.82. The third-order valence-electron chi connectivity index (χ3n) is 6.80. The molecule has 1 unspecified atom stereocenters. The molecule has 0 saturated heterocycles. The molecule has 0 aliphatic heterocycles. The normalized spacial score (nSPS) is 12.5. The first-order chi connectivity index (χ1) is 19.6. The summed E-state index contributed by atoms with van der Waals surface area (Å²) < 4.78 is 71.1. The summed E-state index contributed by atoms with van der Waals surface area (Å²) in [4.78, 5) is 15.8. The van der Waals surface area contributed by atoms with E-state index in [-0.39, 0.29) is 18.2 Å².